The largest absolute Gasteiger partial charge is 0.486 e. The molecular formula is C23H21BrN4O4. The molecular weight excluding hydrogens is 476 g/mol. The summed E-state index contributed by atoms with van der Waals surface area (Å²) >= 11 is 3.43. The Morgan fingerprint density at radius 1 is 1.09 bits per heavy atom. The maximum absolute atomic E-state index is 12.9. The van der Waals surface area contributed by atoms with Crippen molar-refractivity contribution < 1.29 is 19.1 Å². The monoisotopic (exact) mass is 496 g/mol. The van der Waals surface area contributed by atoms with Crippen LogP contribution in [0.2, 0.25) is 0 Å². The number of hydrogen-bond acceptors (Lipinski definition) is 5. The average Bonchev–Trinajstić information content (AvgIpc) is 3.41. The number of halogens is 1. The third kappa shape index (κ3) is 4.20. The van der Waals surface area contributed by atoms with Crippen LogP contribution in [0.3, 0.4) is 0 Å². The van der Waals surface area contributed by atoms with Gasteiger partial charge >= 0.3 is 0 Å². The number of aromatic nitrogens is 2. The molecule has 164 valence electrons. The van der Waals surface area contributed by atoms with Crippen molar-refractivity contribution in [2.45, 2.75) is 13.0 Å². The first kappa shape index (κ1) is 20.6. The first-order valence-electron chi connectivity index (χ1n) is 10.3. The molecule has 1 fully saturated rings. The molecule has 0 radical (unpaired) electrons. The smallest absolute Gasteiger partial charge is 0.230 e. The zero-order chi connectivity index (χ0) is 22.1. The summed E-state index contributed by atoms with van der Waals surface area (Å²) in [5, 5.41) is 7.25. The van der Waals surface area contributed by atoms with Crippen molar-refractivity contribution in [1.82, 2.24) is 9.78 Å². The maximum atomic E-state index is 12.9. The molecule has 5 rings (SSSR count). The van der Waals surface area contributed by atoms with Crippen molar-refractivity contribution in [2.75, 3.05) is 30.0 Å². The lowest BCUT2D eigenvalue weighted by atomic mass is 10.1. The number of carbonyl (C=O) groups excluding carboxylic acids is 2. The summed E-state index contributed by atoms with van der Waals surface area (Å²) in [7, 11) is 0. The van der Waals surface area contributed by atoms with Crippen LogP contribution in [0.4, 0.5) is 11.5 Å². The molecule has 0 spiro atoms. The van der Waals surface area contributed by atoms with Gasteiger partial charge in [0, 0.05) is 35.3 Å². The minimum Gasteiger partial charge on any atom is -0.486 e. The molecule has 0 saturated carbocycles. The predicted molar refractivity (Wildman–Crippen MR) is 122 cm³/mol. The predicted octanol–water partition coefficient (Wildman–Crippen LogP) is 3.46. The molecule has 3 aromatic rings. The van der Waals surface area contributed by atoms with Gasteiger partial charge in [-0.2, -0.15) is 5.10 Å². The van der Waals surface area contributed by atoms with Gasteiger partial charge in [-0.25, -0.2) is 4.68 Å². The van der Waals surface area contributed by atoms with E-state index >= 15 is 0 Å². The number of hydrogen-bond donors (Lipinski definition) is 1. The van der Waals surface area contributed by atoms with Gasteiger partial charge in [0.15, 0.2) is 11.5 Å². The first-order chi connectivity index (χ1) is 15.6. The van der Waals surface area contributed by atoms with Crippen LogP contribution >= 0.6 is 15.9 Å². The highest BCUT2D eigenvalue weighted by Crippen LogP contribution is 2.36. The van der Waals surface area contributed by atoms with E-state index in [-0.39, 0.29) is 18.2 Å². The number of carbonyl (C=O) groups is 2. The van der Waals surface area contributed by atoms with Gasteiger partial charge in [-0.1, -0.05) is 28.1 Å². The minimum atomic E-state index is -0.452. The molecule has 1 unspecified atom stereocenters. The molecule has 1 atom stereocenters. The van der Waals surface area contributed by atoms with Crippen molar-refractivity contribution in [3.63, 3.8) is 0 Å². The molecule has 2 aromatic carbocycles. The third-order valence-electron chi connectivity index (χ3n) is 5.55. The molecule has 2 amide bonds. The zero-order valence-electron chi connectivity index (χ0n) is 17.2. The Morgan fingerprint density at radius 3 is 2.69 bits per heavy atom. The number of anilines is 2. The lowest BCUT2D eigenvalue weighted by Crippen LogP contribution is -2.29. The molecule has 1 N–H and O–H groups in total. The van der Waals surface area contributed by atoms with Crippen LogP contribution in [-0.4, -0.2) is 41.4 Å². The standard InChI is InChI=1S/C23H21BrN4O4/c24-17-3-1-15(2-4-17)13-28-21(7-8-25-28)26-23(30)16-11-22(29)27(14-16)18-5-6-19-20(12-18)32-10-9-31-19/h1-8,12,16H,9-11,13-14H2,(H,26,30). The van der Waals surface area contributed by atoms with Crippen LogP contribution in [0.1, 0.15) is 12.0 Å². The molecule has 32 heavy (non-hydrogen) atoms. The summed E-state index contributed by atoms with van der Waals surface area (Å²) in [6, 6.07) is 15.1. The average molecular weight is 497 g/mol. The van der Waals surface area contributed by atoms with E-state index in [1.54, 1.807) is 34.0 Å². The molecule has 1 aromatic heterocycles. The number of rotatable bonds is 5. The second kappa shape index (κ2) is 8.66. The summed E-state index contributed by atoms with van der Waals surface area (Å²) in [5.41, 5.74) is 1.77. The van der Waals surface area contributed by atoms with Crippen LogP contribution < -0.4 is 19.7 Å². The van der Waals surface area contributed by atoms with Crippen molar-refractivity contribution in [3.8, 4) is 11.5 Å². The Morgan fingerprint density at radius 2 is 1.88 bits per heavy atom. The van der Waals surface area contributed by atoms with Crippen molar-refractivity contribution in [1.29, 1.82) is 0 Å². The SMILES string of the molecule is O=C(Nc1ccnn1Cc1ccc(Br)cc1)C1CC(=O)N(c2ccc3c(c2)OCCO3)C1. The van der Waals surface area contributed by atoms with E-state index in [4.69, 9.17) is 9.47 Å². The summed E-state index contributed by atoms with van der Waals surface area (Å²) in [5.74, 6) is 1.14. The Balaban J connectivity index is 1.26. The number of amides is 2. The fourth-order valence-electron chi connectivity index (χ4n) is 3.89. The van der Waals surface area contributed by atoms with E-state index in [2.05, 4.69) is 26.3 Å². The van der Waals surface area contributed by atoms with Gasteiger partial charge in [-0.3, -0.25) is 9.59 Å². The second-order valence-corrected chi connectivity index (χ2v) is 8.64. The number of fused-ring (bicyclic) bond motifs is 1. The van der Waals surface area contributed by atoms with E-state index in [1.165, 1.54) is 0 Å². The lowest BCUT2D eigenvalue weighted by molar-refractivity contribution is -0.122. The van der Waals surface area contributed by atoms with Crippen molar-refractivity contribution in [2.24, 2.45) is 5.92 Å². The summed E-state index contributed by atoms with van der Waals surface area (Å²) in [4.78, 5) is 27.2. The molecule has 2 aliphatic heterocycles. The van der Waals surface area contributed by atoms with Crippen molar-refractivity contribution >= 4 is 39.2 Å². The van der Waals surface area contributed by atoms with Gasteiger partial charge in [0.05, 0.1) is 18.7 Å². The summed E-state index contributed by atoms with van der Waals surface area (Å²) < 4.78 is 13.9. The van der Waals surface area contributed by atoms with Gasteiger partial charge in [0.1, 0.15) is 19.0 Å². The number of nitrogens with zero attached hydrogens (tertiary/aromatic N) is 3. The van der Waals surface area contributed by atoms with Crippen LogP contribution in [0.15, 0.2) is 59.2 Å². The Bertz CT molecular complexity index is 1160. The van der Waals surface area contributed by atoms with Gasteiger partial charge in [0.2, 0.25) is 11.8 Å². The highest BCUT2D eigenvalue weighted by molar-refractivity contribution is 9.10. The molecule has 1 saturated heterocycles. The topological polar surface area (TPSA) is 85.7 Å². The fraction of sp³-hybridized carbons (Fsp3) is 0.261. The highest BCUT2D eigenvalue weighted by Gasteiger charge is 2.36. The maximum Gasteiger partial charge on any atom is 0.230 e. The lowest BCUT2D eigenvalue weighted by Gasteiger charge is -2.22. The van der Waals surface area contributed by atoms with E-state index < -0.39 is 5.92 Å². The fourth-order valence-corrected chi connectivity index (χ4v) is 4.15. The Labute approximate surface area is 193 Å². The quantitative estimate of drug-likeness (QED) is 0.584. The van der Waals surface area contributed by atoms with Gasteiger partial charge in [0.25, 0.3) is 0 Å². The molecule has 3 heterocycles. The molecule has 9 heteroatoms. The number of ether oxygens (including phenoxy) is 2. The molecule has 0 aliphatic carbocycles. The van der Waals surface area contributed by atoms with Crippen LogP contribution in [0.25, 0.3) is 0 Å². The second-order valence-electron chi connectivity index (χ2n) is 7.72. The highest BCUT2D eigenvalue weighted by atomic mass is 79.9. The van der Waals surface area contributed by atoms with Gasteiger partial charge < -0.3 is 19.7 Å². The summed E-state index contributed by atoms with van der Waals surface area (Å²) in [6.07, 6.45) is 1.80. The number of nitrogens with one attached hydrogen (secondary N) is 1. The van der Waals surface area contributed by atoms with Gasteiger partial charge in [-0.05, 0) is 29.8 Å². The van der Waals surface area contributed by atoms with E-state index in [0.29, 0.717) is 49.3 Å². The Kier molecular flexibility index (Phi) is 5.57. The van der Waals surface area contributed by atoms with Crippen LogP contribution in [-0.2, 0) is 16.1 Å². The van der Waals surface area contributed by atoms with Crippen LogP contribution in [0.5, 0.6) is 11.5 Å². The van der Waals surface area contributed by atoms with Gasteiger partial charge in [-0.15, -0.1) is 0 Å². The molecule has 0 bridgehead atoms. The number of benzene rings is 2. The third-order valence-corrected chi connectivity index (χ3v) is 6.08. The molecule has 2 aliphatic rings. The Hall–Kier alpha value is -3.33. The zero-order valence-corrected chi connectivity index (χ0v) is 18.7. The summed E-state index contributed by atoms with van der Waals surface area (Å²) in [6.45, 7) is 1.83. The molecule has 8 nitrogen and oxygen atoms in total. The van der Waals surface area contributed by atoms with E-state index in [1.807, 2.05) is 30.3 Å². The van der Waals surface area contributed by atoms with Crippen LogP contribution in [0, 0.1) is 5.92 Å². The van der Waals surface area contributed by atoms with E-state index in [0.717, 1.165) is 10.0 Å². The van der Waals surface area contributed by atoms with E-state index in [9.17, 15) is 9.59 Å². The minimum absolute atomic E-state index is 0.0924. The normalized spacial score (nSPS) is 17.5. The van der Waals surface area contributed by atoms with Crippen molar-refractivity contribution in [3.05, 3.63) is 64.8 Å². The first-order valence-corrected chi connectivity index (χ1v) is 11.1.